The van der Waals surface area contributed by atoms with E-state index >= 15 is 0 Å². The number of carbonyl (C=O) groups excluding carboxylic acids is 2. The quantitative estimate of drug-likeness (QED) is 0.386. The summed E-state index contributed by atoms with van der Waals surface area (Å²) < 4.78 is 7.03. The van der Waals surface area contributed by atoms with Gasteiger partial charge in [0.2, 0.25) is 5.91 Å². The Balaban J connectivity index is 1.29. The largest absolute Gasteiger partial charge is 0.442 e. The highest BCUT2D eigenvalue weighted by Crippen LogP contribution is 2.22. The Morgan fingerprint density at radius 2 is 1.84 bits per heavy atom. The molecule has 37 heavy (non-hydrogen) atoms. The van der Waals surface area contributed by atoms with Gasteiger partial charge in [0, 0.05) is 50.2 Å². The zero-order valence-corrected chi connectivity index (χ0v) is 22.8. The fourth-order valence-electron chi connectivity index (χ4n) is 5.59. The molecule has 2 fully saturated rings. The number of nitrogens with zero attached hydrogens (tertiary/aromatic N) is 5. The highest BCUT2D eigenvalue weighted by molar-refractivity contribution is 5.84. The van der Waals surface area contributed by atoms with Crippen LogP contribution in [0, 0.1) is 6.92 Å². The fraction of sp³-hybridized carbons (Fsp3) is 0.679. The van der Waals surface area contributed by atoms with Gasteiger partial charge in [-0.05, 0) is 69.9 Å². The van der Waals surface area contributed by atoms with Gasteiger partial charge in [-0.3, -0.25) is 14.5 Å². The number of nitrogens with two attached hydrogens (primary N) is 1. The van der Waals surface area contributed by atoms with Crippen LogP contribution in [0.4, 0.5) is 0 Å². The maximum atomic E-state index is 13.1. The molecule has 1 aromatic heterocycles. The van der Waals surface area contributed by atoms with Crippen LogP contribution in [0.25, 0.3) is 10.9 Å². The number of fused-ring (bicyclic) bond motifs is 1. The summed E-state index contributed by atoms with van der Waals surface area (Å²) >= 11 is 0. The fourth-order valence-corrected chi connectivity index (χ4v) is 5.59. The van der Waals surface area contributed by atoms with Gasteiger partial charge in [-0.1, -0.05) is 25.8 Å². The molecule has 0 radical (unpaired) electrons. The highest BCUT2D eigenvalue weighted by atomic mass is 16.5. The number of hydrogen-bond acceptors (Lipinski definition) is 7. The second kappa shape index (κ2) is 12.8. The summed E-state index contributed by atoms with van der Waals surface area (Å²) in [5.74, 6) is -0.159. The lowest BCUT2D eigenvalue weighted by Gasteiger charge is -2.42. The Morgan fingerprint density at radius 1 is 1.11 bits per heavy atom. The monoisotopic (exact) mass is 512 g/mol. The van der Waals surface area contributed by atoms with E-state index in [0.29, 0.717) is 18.9 Å². The molecule has 0 bridgehead atoms. The zero-order chi connectivity index (χ0) is 26.4. The lowest BCUT2D eigenvalue weighted by Crippen LogP contribution is -2.56. The van der Waals surface area contributed by atoms with Crippen LogP contribution < -0.4 is 5.73 Å². The maximum absolute atomic E-state index is 13.1. The average Bonchev–Trinajstić information content (AvgIpc) is 3.31. The molecule has 1 atom stereocenters. The van der Waals surface area contributed by atoms with Gasteiger partial charge in [-0.15, -0.1) is 0 Å². The molecule has 3 heterocycles. The molecule has 204 valence electrons. The Morgan fingerprint density at radius 3 is 2.54 bits per heavy atom. The molecule has 0 aliphatic carbocycles. The van der Waals surface area contributed by atoms with Crippen LogP contribution in [0.3, 0.4) is 0 Å². The number of likely N-dealkylation sites (tertiary alicyclic amines) is 1. The van der Waals surface area contributed by atoms with Crippen LogP contribution in [0.5, 0.6) is 0 Å². The molecule has 9 nitrogen and oxygen atoms in total. The van der Waals surface area contributed by atoms with Crippen molar-refractivity contribution in [3.63, 3.8) is 0 Å². The third-order valence-electron chi connectivity index (χ3n) is 7.85. The second-order valence-corrected chi connectivity index (χ2v) is 10.8. The first-order valence-corrected chi connectivity index (χ1v) is 13.9. The first kappa shape index (κ1) is 27.5. The van der Waals surface area contributed by atoms with Crippen LogP contribution >= 0.6 is 0 Å². The SMILES string of the molecule is CCCCCC(=O)OCn1cc2cc(C[C@@H](N)C(=O)N3CCN(C4CCN(C)CC4)CC3)cc(C)c2n1. The average molecular weight is 513 g/mol. The lowest BCUT2D eigenvalue weighted by atomic mass is 10.0. The Hall–Kier alpha value is -2.49. The van der Waals surface area contributed by atoms with Crippen molar-refractivity contribution in [3.05, 3.63) is 29.5 Å². The third kappa shape index (κ3) is 7.30. The van der Waals surface area contributed by atoms with E-state index in [1.807, 2.05) is 24.1 Å². The second-order valence-electron chi connectivity index (χ2n) is 10.8. The van der Waals surface area contributed by atoms with Crippen LogP contribution in [0.15, 0.2) is 18.3 Å². The maximum Gasteiger partial charge on any atom is 0.307 e. The Kier molecular flexibility index (Phi) is 9.56. The molecule has 1 amide bonds. The summed E-state index contributed by atoms with van der Waals surface area (Å²) in [6.45, 7) is 9.90. The van der Waals surface area contributed by atoms with Gasteiger partial charge in [0.05, 0.1) is 11.6 Å². The van der Waals surface area contributed by atoms with Crippen LogP contribution in [0.1, 0.15) is 56.6 Å². The number of aromatic nitrogens is 2. The van der Waals surface area contributed by atoms with Gasteiger partial charge in [-0.2, -0.15) is 5.10 Å². The van der Waals surface area contributed by atoms with E-state index < -0.39 is 6.04 Å². The van der Waals surface area contributed by atoms with E-state index in [9.17, 15) is 9.59 Å². The van der Waals surface area contributed by atoms with Crippen LogP contribution in [-0.4, -0.2) is 94.8 Å². The van der Waals surface area contributed by atoms with E-state index in [4.69, 9.17) is 10.5 Å². The highest BCUT2D eigenvalue weighted by Gasteiger charge is 2.30. The van der Waals surface area contributed by atoms with Crippen molar-refractivity contribution in [1.82, 2.24) is 24.5 Å². The smallest absolute Gasteiger partial charge is 0.307 e. The molecule has 0 spiro atoms. The number of amides is 1. The number of unbranched alkanes of at least 4 members (excludes halogenated alkanes) is 2. The van der Waals surface area contributed by atoms with Crippen molar-refractivity contribution in [1.29, 1.82) is 0 Å². The summed E-state index contributed by atoms with van der Waals surface area (Å²) in [4.78, 5) is 32.0. The molecular formula is C28H44N6O3. The molecule has 2 aliphatic rings. The zero-order valence-electron chi connectivity index (χ0n) is 22.8. The summed E-state index contributed by atoms with van der Waals surface area (Å²) in [5.41, 5.74) is 9.33. The minimum Gasteiger partial charge on any atom is -0.442 e. The van der Waals surface area contributed by atoms with Crippen molar-refractivity contribution in [2.24, 2.45) is 5.73 Å². The van der Waals surface area contributed by atoms with E-state index in [0.717, 1.165) is 80.6 Å². The molecule has 2 N–H and O–H groups in total. The summed E-state index contributed by atoms with van der Waals surface area (Å²) in [7, 11) is 2.19. The minimum atomic E-state index is -0.564. The predicted octanol–water partition coefficient (Wildman–Crippen LogP) is 2.53. The van der Waals surface area contributed by atoms with E-state index in [1.165, 1.54) is 12.8 Å². The van der Waals surface area contributed by atoms with Crippen LogP contribution in [0.2, 0.25) is 0 Å². The number of rotatable bonds is 10. The van der Waals surface area contributed by atoms with Crippen molar-refractivity contribution in [3.8, 4) is 0 Å². The molecule has 2 aliphatic heterocycles. The lowest BCUT2D eigenvalue weighted by molar-refractivity contribution is -0.148. The van der Waals surface area contributed by atoms with Gasteiger partial charge >= 0.3 is 5.97 Å². The van der Waals surface area contributed by atoms with Gasteiger partial charge < -0.3 is 20.3 Å². The Labute approximate surface area is 220 Å². The van der Waals surface area contributed by atoms with E-state index in [-0.39, 0.29) is 18.6 Å². The molecule has 2 aromatic rings. The first-order chi connectivity index (χ1) is 17.8. The molecule has 1 aromatic carbocycles. The van der Waals surface area contributed by atoms with E-state index in [1.54, 1.807) is 4.68 Å². The summed E-state index contributed by atoms with van der Waals surface area (Å²) in [6.07, 6.45) is 8.20. The van der Waals surface area contributed by atoms with Gasteiger partial charge in [0.25, 0.3) is 0 Å². The first-order valence-electron chi connectivity index (χ1n) is 13.9. The Bertz CT molecular complexity index is 1050. The van der Waals surface area contributed by atoms with Crippen molar-refractivity contribution in [2.75, 3.05) is 46.3 Å². The molecule has 0 unspecified atom stereocenters. The van der Waals surface area contributed by atoms with Gasteiger partial charge in [-0.25, -0.2) is 4.68 Å². The number of ether oxygens (including phenoxy) is 1. The number of carbonyl (C=O) groups is 2. The van der Waals surface area contributed by atoms with Crippen molar-refractivity contribution in [2.45, 2.75) is 77.6 Å². The molecule has 2 saturated heterocycles. The number of piperidine rings is 1. The molecule has 9 heteroatoms. The van der Waals surface area contributed by atoms with E-state index in [2.05, 4.69) is 34.9 Å². The van der Waals surface area contributed by atoms with Gasteiger partial charge in [0.1, 0.15) is 0 Å². The number of benzene rings is 1. The van der Waals surface area contributed by atoms with Crippen LogP contribution in [-0.2, 0) is 27.5 Å². The van der Waals surface area contributed by atoms with Gasteiger partial charge in [0.15, 0.2) is 6.73 Å². The summed E-state index contributed by atoms with van der Waals surface area (Å²) in [6, 6.07) is 4.18. The summed E-state index contributed by atoms with van der Waals surface area (Å²) in [5, 5.41) is 5.55. The standard InChI is InChI=1S/C28H44N6O3/c1-4-5-6-7-26(35)37-20-34-19-23-17-22(16-21(2)27(23)30-34)18-25(29)28(36)33-14-12-32(13-15-33)24-8-10-31(3)11-9-24/h16-17,19,24-25H,4-15,18,20,29H2,1-3H3/t25-/m1/s1. The molecule has 4 rings (SSSR count). The third-order valence-corrected chi connectivity index (χ3v) is 7.85. The number of aryl methyl sites for hydroxylation is 1. The van der Waals surface area contributed by atoms with Crippen molar-refractivity contribution >= 4 is 22.8 Å². The number of piperazine rings is 1. The number of esters is 1. The predicted molar refractivity (Wildman–Crippen MR) is 145 cm³/mol. The molecule has 0 saturated carbocycles. The molecular weight excluding hydrogens is 468 g/mol. The van der Waals surface area contributed by atoms with Crippen molar-refractivity contribution < 1.29 is 14.3 Å². The minimum absolute atomic E-state index is 0.0338. The normalized spacial score (nSPS) is 18.9. The topological polar surface area (TPSA) is 96.9 Å². The number of hydrogen-bond donors (Lipinski definition) is 1.